The Kier molecular flexibility index (Phi) is 3.71. The van der Waals surface area contributed by atoms with Crippen LogP contribution in [-0.2, 0) is 6.42 Å². The van der Waals surface area contributed by atoms with E-state index in [9.17, 15) is 9.18 Å². The van der Waals surface area contributed by atoms with Gasteiger partial charge >= 0.3 is 0 Å². The van der Waals surface area contributed by atoms with Gasteiger partial charge in [0.2, 0.25) is 0 Å². The maximum atomic E-state index is 13.5. The van der Waals surface area contributed by atoms with Gasteiger partial charge < -0.3 is 4.98 Å². The van der Waals surface area contributed by atoms with E-state index in [1.807, 2.05) is 13.0 Å². The van der Waals surface area contributed by atoms with Crippen molar-refractivity contribution in [2.75, 3.05) is 0 Å². The molecular weight excluding hydrogens is 245 g/mol. The third-order valence-electron chi connectivity index (χ3n) is 2.75. The topological polar surface area (TPSA) is 69.5 Å². The number of aromatic amines is 1. The first kappa shape index (κ1) is 13.0. The predicted molar refractivity (Wildman–Crippen MR) is 69.0 cm³/mol. The molecule has 5 heteroatoms. The lowest BCUT2D eigenvalue weighted by Gasteiger charge is -2.07. The second-order valence-electron chi connectivity index (χ2n) is 4.15. The molecule has 0 amide bonds. The maximum Gasteiger partial charge on any atom is 0.254 e. The fraction of sp³-hybridized carbons (Fsp3) is 0.214. The molecule has 2 aromatic rings. The molecule has 19 heavy (non-hydrogen) atoms. The van der Waals surface area contributed by atoms with Crippen molar-refractivity contribution in [1.82, 2.24) is 9.97 Å². The van der Waals surface area contributed by atoms with Gasteiger partial charge in [0.05, 0.1) is 23.7 Å². The van der Waals surface area contributed by atoms with Crippen molar-refractivity contribution in [3.05, 3.63) is 51.8 Å². The highest BCUT2D eigenvalue weighted by atomic mass is 19.1. The summed E-state index contributed by atoms with van der Waals surface area (Å²) >= 11 is 0. The zero-order chi connectivity index (χ0) is 13.8. The van der Waals surface area contributed by atoms with Crippen molar-refractivity contribution in [2.45, 2.75) is 19.8 Å². The summed E-state index contributed by atoms with van der Waals surface area (Å²) in [5.74, 6) is -0.515. The molecule has 0 fully saturated rings. The average molecular weight is 257 g/mol. The molecule has 1 aromatic heterocycles. The number of rotatable bonds is 3. The van der Waals surface area contributed by atoms with Crippen LogP contribution in [0, 0.1) is 17.1 Å². The Morgan fingerprint density at radius 3 is 2.89 bits per heavy atom. The van der Waals surface area contributed by atoms with Crippen LogP contribution in [0.5, 0.6) is 0 Å². The Morgan fingerprint density at radius 1 is 1.42 bits per heavy atom. The molecule has 0 bridgehead atoms. The molecule has 4 nitrogen and oxygen atoms in total. The number of nitrogens with one attached hydrogen (secondary N) is 1. The second-order valence-corrected chi connectivity index (χ2v) is 4.15. The van der Waals surface area contributed by atoms with Gasteiger partial charge in [0, 0.05) is 11.1 Å². The van der Waals surface area contributed by atoms with Crippen molar-refractivity contribution < 1.29 is 4.39 Å². The monoisotopic (exact) mass is 257 g/mol. The van der Waals surface area contributed by atoms with Crippen LogP contribution in [0.2, 0.25) is 0 Å². The van der Waals surface area contributed by atoms with Crippen molar-refractivity contribution in [1.29, 1.82) is 5.26 Å². The quantitative estimate of drug-likeness (QED) is 0.917. The van der Waals surface area contributed by atoms with Crippen LogP contribution in [0.3, 0.4) is 0 Å². The highest BCUT2D eigenvalue weighted by Gasteiger charge is 2.12. The van der Waals surface area contributed by atoms with E-state index < -0.39 is 5.82 Å². The molecule has 0 aliphatic carbocycles. The molecule has 96 valence electrons. The summed E-state index contributed by atoms with van der Waals surface area (Å²) in [4.78, 5) is 18.4. The van der Waals surface area contributed by atoms with Gasteiger partial charge in [0.15, 0.2) is 0 Å². The zero-order valence-electron chi connectivity index (χ0n) is 10.4. The van der Waals surface area contributed by atoms with Crippen molar-refractivity contribution in [3.63, 3.8) is 0 Å². The molecule has 1 heterocycles. The molecule has 0 aliphatic rings. The van der Waals surface area contributed by atoms with Crippen molar-refractivity contribution in [3.8, 4) is 17.3 Å². The normalized spacial score (nSPS) is 10.2. The largest absolute Gasteiger partial charge is 0.313 e. The minimum absolute atomic E-state index is 0.208. The van der Waals surface area contributed by atoms with Crippen LogP contribution in [0.1, 0.15) is 24.5 Å². The summed E-state index contributed by atoms with van der Waals surface area (Å²) in [6.45, 7) is 1.95. The van der Waals surface area contributed by atoms with E-state index in [0.717, 1.165) is 12.5 Å². The Hall–Kier alpha value is -2.48. The molecule has 0 atom stereocenters. The standard InChI is InChI=1S/C14H12FN3O/c1-2-3-12-13(17-8-18-14(12)19)10-4-9(7-16)5-11(15)6-10/h4-6,8H,2-3H2,1H3,(H,17,18,19). The first-order valence-electron chi connectivity index (χ1n) is 5.93. The fourth-order valence-electron chi connectivity index (χ4n) is 1.95. The summed E-state index contributed by atoms with van der Waals surface area (Å²) in [6, 6.07) is 5.85. The van der Waals surface area contributed by atoms with Gasteiger partial charge in [-0.2, -0.15) is 5.26 Å². The summed E-state index contributed by atoms with van der Waals surface area (Å²) < 4.78 is 13.5. The zero-order valence-corrected chi connectivity index (χ0v) is 10.4. The van der Waals surface area contributed by atoms with Crippen molar-refractivity contribution in [2.24, 2.45) is 0 Å². The Balaban J connectivity index is 2.65. The number of benzene rings is 1. The van der Waals surface area contributed by atoms with E-state index in [2.05, 4.69) is 9.97 Å². The third-order valence-corrected chi connectivity index (χ3v) is 2.75. The lowest BCUT2D eigenvalue weighted by molar-refractivity contribution is 0.627. The van der Waals surface area contributed by atoms with Gasteiger partial charge in [-0.1, -0.05) is 13.3 Å². The molecule has 1 N–H and O–H groups in total. The van der Waals surface area contributed by atoms with Crippen LogP contribution in [-0.4, -0.2) is 9.97 Å². The van der Waals surface area contributed by atoms with E-state index in [0.29, 0.717) is 23.2 Å². The molecule has 0 radical (unpaired) electrons. The first-order valence-corrected chi connectivity index (χ1v) is 5.93. The lowest BCUT2D eigenvalue weighted by Crippen LogP contribution is -2.14. The van der Waals surface area contributed by atoms with Gasteiger partial charge in [-0.3, -0.25) is 4.79 Å². The molecule has 1 aromatic carbocycles. The number of hydrogen-bond acceptors (Lipinski definition) is 3. The number of aromatic nitrogens is 2. The molecule has 0 saturated heterocycles. The SMILES string of the molecule is CCCc1c(-c2cc(F)cc(C#N)c2)nc[nH]c1=O. The minimum Gasteiger partial charge on any atom is -0.313 e. The third kappa shape index (κ3) is 2.68. The maximum absolute atomic E-state index is 13.5. The summed E-state index contributed by atoms with van der Waals surface area (Å²) in [7, 11) is 0. The molecular formula is C14H12FN3O. The minimum atomic E-state index is -0.515. The molecule has 0 aliphatic heterocycles. The predicted octanol–water partition coefficient (Wildman–Crippen LogP) is 2.40. The molecule has 2 rings (SSSR count). The van der Waals surface area contributed by atoms with Gasteiger partial charge in [0.1, 0.15) is 5.82 Å². The lowest BCUT2D eigenvalue weighted by atomic mass is 10.0. The summed E-state index contributed by atoms with van der Waals surface area (Å²) in [5, 5.41) is 8.86. The van der Waals surface area contributed by atoms with Gasteiger partial charge in [-0.25, -0.2) is 9.37 Å². The molecule has 0 saturated carbocycles. The van der Waals surface area contributed by atoms with Crippen LogP contribution in [0.4, 0.5) is 4.39 Å². The second kappa shape index (κ2) is 5.44. The van der Waals surface area contributed by atoms with Crippen molar-refractivity contribution >= 4 is 0 Å². The number of nitrogens with zero attached hydrogens (tertiary/aromatic N) is 2. The van der Waals surface area contributed by atoms with Gasteiger partial charge in [-0.05, 0) is 24.6 Å². The van der Waals surface area contributed by atoms with E-state index in [1.165, 1.54) is 18.5 Å². The van der Waals surface area contributed by atoms with Gasteiger partial charge in [0.25, 0.3) is 5.56 Å². The Labute approximate surface area is 109 Å². The van der Waals surface area contributed by atoms with Crippen LogP contribution < -0.4 is 5.56 Å². The highest BCUT2D eigenvalue weighted by Crippen LogP contribution is 2.22. The van der Waals surface area contributed by atoms with Crippen LogP contribution >= 0.6 is 0 Å². The first-order chi connectivity index (χ1) is 9.15. The Morgan fingerprint density at radius 2 is 2.21 bits per heavy atom. The van der Waals surface area contributed by atoms with E-state index in [4.69, 9.17) is 5.26 Å². The van der Waals surface area contributed by atoms with E-state index in [1.54, 1.807) is 0 Å². The van der Waals surface area contributed by atoms with Crippen LogP contribution in [0.15, 0.2) is 29.3 Å². The summed E-state index contributed by atoms with van der Waals surface area (Å²) in [5.41, 5.74) is 1.38. The molecule has 0 spiro atoms. The fourth-order valence-corrected chi connectivity index (χ4v) is 1.95. The van der Waals surface area contributed by atoms with Crippen LogP contribution in [0.25, 0.3) is 11.3 Å². The molecule has 0 unspecified atom stereocenters. The number of nitriles is 1. The van der Waals surface area contributed by atoms with E-state index in [-0.39, 0.29) is 11.1 Å². The highest BCUT2D eigenvalue weighted by molar-refractivity contribution is 5.64. The average Bonchev–Trinajstić information content (AvgIpc) is 2.40. The smallest absolute Gasteiger partial charge is 0.254 e. The number of H-pyrrole nitrogens is 1. The van der Waals surface area contributed by atoms with E-state index >= 15 is 0 Å². The summed E-state index contributed by atoms with van der Waals surface area (Å²) in [6.07, 6.45) is 2.62. The number of halogens is 1. The number of hydrogen-bond donors (Lipinski definition) is 1. The Bertz CT molecular complexity index is 701. The van der Waals surface area contributed by atoms with Gasteiger partial charge in [-0.15, -0.1) is 0 Å².